The molecule has 160 valence electrons. The van der Waals surface area contributed by atoms with Gasteiger partial charge in [0.2, 0.25) is 0 Å². The number of aromatic nitrogens is 1. The molecule has 1 aromatic rings. The maximum absolute atomic E-state index is 4.88. The number of aryl methyl sites for hydroxylation is 1. The summed E-state index contributed by atoms with van der Waals surface area (Å²) in [5, 5.41) is 0. The second-order valence-electron chi connectivity index (χ2n) is 9.65. The molecule has 1 aliphatic carbocycles. The van der Waals surface area contributed by atoms with Crippen LogP contribution in [0.15, 0.2) is 18.3 Å². The molecule has 2 rings (SSSR count). The molecular formula is C27H47N. The SMILES string of the molecule is CCCCCCCC1CCC(c2ccc(CCC(C)CCCCC)cn2)CC1. The Morgan fingerprint density at radius 2 is 1.57 bits per heavy atom. The number of unbranched alkanes of at least 4 members (excludes halogenated alkanes) is 6. The maximum Gasteiger partial charge on any atom is 0.0434 e. The average molecular weight is 386 g/mol. The van der Waals surface area contributed by atoms with Gasteiger partial charge in [-0.05, 0) is 62.0 Å². The first-order valence-corrected chi connectivity index (χ1v) is 12.7. The minimum absolute atomic E-state index is 0.721. The van der Waals surface area contributed by atoms with E-state index in [9.17, 15) is 0 Å². The first-order chi connectivity index (χ1) is 13.7. The third-order valence-electron chi connectivity index (χ3n) is 7.05. The fourth-order valence-corrected chi connectivity index (χ4v) is 4.91. The van der Waals surface area contributed by atoms with Crippen molar-refractivity contribution in [2.75, 3.05) is 0 Å². The van der Waals surface area contributed by atoms with Gasteiger partial charge in [-0.15, -0.1) is 0 Å². The van der Waals surface area contributed by atoms with Gasteiger partial charge in [0, 0.05) is 17.8 Å². The lowest BCUT2D eigenvalue weighted by molar-refractivity contribution is 0.299. The molecule has 1 aromatic heterocycles. The minimum Gasteiger partial charge on any atom is -0.261 e. The van der Waals surface area contributed by atoms with Crippen molar-refractivity contribution in [2.45, 2.75) is 129 Å². The van der Waals surface area contributed by atoms with Crippen molar-refractivity contribution in [1.29, 1.82) is 0 Å². The molecule has 1 heterocycles. The van der Waals surface area contributed by atoms with Crippen molar-refractivity contribution >= 4 is 0 Å². The molecule has 28 heavy (non-hydrogen) atoms. The van der Waals surface area contributed by atoms with Gasteiger partial charge in [-0.25, -0.2) is 0 Å². The van der Waals surface area contributed by atoms with Crippen molar-refractivity contribution in [1.82, 2.24) is 4.98 Å². The highest BCUT2D eigenvalue weighted by Crippen LogP contribution is 2.37. The third-order valence-corrected chi connectivity index (χ3v) is 7.05. The van der Waals surface area contributed by atoms with Crippen molar-refractivity contribution in [2.24, 2.45) is 11.8 Å². The zero-order valence-electron chi connectivity index (χ0n) is 19.2. The summed E-state index contributed by atoms with van der Waals surface area (Å²) in [6, 6.07) is 4.70. The molecule has 1 fully saturated rings. The van der Waals surface area contributed by atoms with Crippen LogP contribution in [0, 0.1) is 11.8 Å². The van der Waals surface area contributed by atoms with Crippen LogP contribution in [0.5, 0.6) is 0 Å². The first kappa shape index (κ1) is 23.4. The van der Waals surface area contributed by atoms with Gasteiger partial charge in [0.15, 0.2) is 0 Å². The molecule has 0 radical (unpaired) electrons. The van der Waals surface area contributed by atoms with Gasteiger partial charge in [-0.3, -0.25) is 4.98 Å². The van der Waals surface area contributed by atoms with E-state index in [1.54, 1.807) is 0 Å². The standard InChI is InChI=1S/C27H47N/c1-4-6-8-9-11-13-24-16-19-26(20-17-24)27-21-18-25(22-28-27)15-14-23(3)12-10-7-5-2/h18,21-24,26H,4-17,19-20H2,1-3H3. The topological polar surface area (TPSA) is 12.9 Å². The number of hydrogen-bond donors (Lipinski definition) is 0. The summed E-state index contributed by atoms with van der Waals surface area (Å²) in [7, 11) is 0. The molecule has 1 atom stereocenters. The van der Waals surface area contributed by atoms with Crippen LogP contribution >= 0.6 is 0 Å². The monoisotopic (exact) mass is 385 g/mol. The van der Waals surface area contributed by atoms with Crippen LogP contribution in [-0.4, -0.2) is 4.98 Å². The molecule has 0 amide bonds. The van der Waals surface area contributed by atoms with Crippen molar-refractivity contribution in [3.05, 3.63) is 29.6 Å². The highest BCUT2D eigenvalue weighted by atomic mass is 14.7. The van der Waals surface area contributed by atoms with Gasteiger partial charge < -0.3 is 0 Å². The van der Waals surface area contributed by atoms with Crippen LogP contribution in [0.4, 0.5) is 0 Å². The lowest BCUT2D eigenvalue weighted by Gasteiger charge is -2.28. The summed E-state index contributed by atoms with van der Waals surface area (Å²) in [5.74, 6) is 2.56. The third kappa shape index (κ3) is 9.10. The van der Waals surface area contributed by atoms with E-state index in [2.05, 4.69) is 39.1 Å². The van der Waals surface area contributed by atoms with E-state index >= 15 is 0 Å². The fourth-order valence-electron chi connectivity index (χ4n) is 4.91. The van der Waals surface area contributed by atoms with E-state index in [4.69, 9.17) is 4.98 Å². The van der Waals surface area contributed by atoms with Gasteiger partial charge in [0.25, 0.3) is 0 Å². The summed E-state index contributed by atoms with van der Waals surface area (Å²) in [6.45, 7) is 7.01. The maximum atomic E-state index is 4.88. The Morgan fingerprint density at radius 3 is 2.25 bits per heavy atom. The first-order valence-electron chi connectivity index (χ1n) is 12.7. The summed E-state index contributed by atoms with van der Waals surface area (Å²) in [4.78, 5) is 4.88. The second-order valence-corrected chi connectivity index (χ2v) is 9.65. The quantitative estimate of drug-likeness (QED) is 0.291. The largest absolute Gasteiger partial charge is 0.261 e. The Hall–Kier alpha value is -0.850. The van der Waals surface area contributed by atoms with E-state index < -0.39 is 0 Å². The highest BCUT2D eigenvalue weighted by molar-refractivity contribution is 5.17. The molecule has 0 aromatic carbocycles. The van der Waals surface area contributed by atoms with Crippen LogP contribution in [0.1, 0.15) is 134 Å². The van der Waals surface area contributed by atoms with Gasteiger partial charge in [-0.2, -0.15) is 0 Å². The summed E-state index contributed by atoms with van der Waals surface area (Å²) < 4.78 is 0. The molecule has 1 saturated carbocycles. The number of rotatable bonds is 14. The van der Waals surface area contributed by atoms with Crippen LogP contribution < -0.4 is 0 Å². The van der Waals surface area contributed by atoms with Crippen LogP contribution in [0.25, 0.3) is 0 Å². The molecule has 1 aliphatic rings. The van der Waals surface area contributed by atoms with Crippen LogP contribution in [0.3, 0.4) is 0 Å². The summed E-state index contributed by atoms with van der Waals surface area (Å²) in [6.07, 6.45) is 24.4. The minimum atomic E-state index is 0.721. The average Bonchev–Trinajstić information content (AvgIpc) is 2.73. The molecule has 0 spiro atoms. The molecule has 1 heteroatoms. The predicted molar refractivity (Wildman–Crippen MR) is 124 cm³/mol. The predicted octanol–water partition coefficient (Wildman–Crippen LogP) is 8.86. The van der Waals surface area contributed by atoms with Crippen LogP contribution in [-0.2, 0) is 6.42 Å². The number of hydrogen-bond acceptors (Lipinski definition) is 1. The molecule has 0 bridgehead atoms. The zero-order valence-corrected chi connectivity index (χ0v) is 19.2. The second kappa shape index (κ2) is 14.2. The molecule has 0 N–H and O–H groups in total. The molecule has 1 nitrogen and oxygen atoms in total. The van der Waals surface area contributed by atoms with E-state index in [1.807, 2.05) is 0 Å². The zero-order chi connectivity index (χ0) is 20.0. The fraction of sp³-hybridized carbons (Fsp3) is 0.815. The van der Waals surface area contributed by atoms with Crippen LogP contribution in [0.2, 0.25) is 0 Å². The summed E-state index contributed by atoms with van der Waals surface area (Å²) in [5.41, 5.74) is 2.80. The Bertz CT molecular complexity index is 483. The van der Waals surface area contributed by atoms with Crippen molar-refractivity contribution in [3.8, 4) is 0 Å². The lowest BCUT2D eigenvalue weighted by Crippen LogP contribution is -2.14. The highest BCUT2D eigenvalue weighted by Gasteiger charge is 2.22. The number of nitrogens with zero attached hydrogens (tertiary/aromatic N) is 1. The molecule has 1 unspecified atom stereocenters. The normalized spacial score (nSPS) is 21.0. The van der Waals surface area contributed by atoms with E-state index in [1.165, 1.54) is 114 Å². The number of pyridine rings is 1. The Labute approximate surface area is 176 Å². The smallest absolute Gasteiger partial charge is 0.0434 e. The van der Waals surface area contributed by atoms with Crippen molar-refractivity contribution < 1.29 is 0 Å². The van der Waals surface area contributed by atoms with Gasteiger partial charge in [0.05, 0.1) is 0 Å². The Balaban J connectivity index is 1.64. The van der Waals surface area contributed by atoms with Gasteiger partial charge in [0.1, 0.15) is 0 Å². The van der Waals surface area contributed by atoms with E-state index in [0.29, 0.717) is 0 Å². The molecular weight excluding hydrogens is 338 g/mol. The van der Waals surface area contributed by atoms with Crippen molar-refractivity contribution in [3.63, 3.8) is 0 Å². The Kier molecular flexibility index (Phi) is 11.9. The molecule has 0 saturated heterocycles. The van der Waals surface area contributed by atoms with E-state index in [0.717, 1.165) is 17.8 Å². The lowest BCUT2D eigenvalue weighted by atomic mass is 9.78. The molecule has 0 aliphatic heterocycles. The summed E-state index contributed by atoms with van der Waals surface area (Å²) >= 11 is 0. The van der Waals surface area contributed by atoms with Gasteiger partial charge in [-0.1, -0.05) is 91.0 Å². The van der Waals surface area contributed by atoms with E-state index in [-0.39, 0.29) is 0 Å². The Morgan fingerprint density at radius 1 is 0.857 bits per heavy atom. The van der Waals surface area contributed by atoms with Gasteiger partial charge >= 0.3 is 0 Å².